The van der Waals surface area contributed by atoms with Crippen LogP contribution in [0.3, 0.4) is 0 Å². The molecule has 0 bridgehead atoms. The second-order valence-electron chi connectivity index (χ2n) is 6.87. The van der Waals surface area contributed by atoms with E-state index in [1.807, 2.05) is 78.9 Å². The molecule has 0 heterocycles. The third-order valence-corrected chi connectivity index (χ3v) is 4.96. The fraction of sp³-hybridized carbons (Fsp3) is 0.120. The fourth-order valence-corrected chi connectivity index (χ4v) is 3.46. The van der Waals surface area contributed by atoms with Crippen LogP contribution in [-0.4, -0.2) is 18.5 Å². The Morgan fingerprint density at radius 2 is 1.41 bits per heavy atom. The molecule has 0 aliphatic carbocycles. The summed E-state index contributed by atoms with van der Waals surface area (Å²) < 4.78 is 5.37. The molecule has 4 nitrogen and oxygen atoms in total. The van der Waals surface area contributed by atoms with Crippen LogP contribution in [0.25, 0.3) is 21.5 Å². The summed E-state index contributed by atoms with van der Waals surface area (Å²) in [6.45, 7) is 1.73. The van der Waals surface area contributed by atoms with Crippen LogP contribution in [0.15, 0.2) is 78.9 Å². The van der Waals surface area contributed by atoms with E-state index in [-0.39, 0.29) is 12.5 Å². The molecule has 4 rings (SSSR count). The monoisotopic (exact) mass is 383 g/mol. The number of carbonyl (C=O) groups is 2. The molecule has 1 amide bonds. The predicted octanol–water partition coefficient (Wildman–Crippen LogP) is 5.35. The lowest BCUT2D eigenvalue weighted by Crippen LogP contribution is -2.21. The minimum atomic E-state index is -0.505. The van der Waals surface area contributed by atoms with Crippen LogP contribution in [0.2, 0.25) is 0 Å². The molecule has 4 heteroatoms. The van der Waals surface area contributed by atoms with Gasteiger partial charge in [-0.2, -0.15) is 0 Å². The van der Waals surface area contributed by atoms with Crippen molar-refractivity contribution in [2.45, 2.75) is 13.3 Å². The van der Waals surface area contributed by atoms with E-state index in [9.17, 15) is 9.59 Å². The molecule has 0 spiro atoms. The first kappa shape index (κ1) is 18.7. The highest BCUT2D eigenvalue weighted by Crippen LogP contribution is 2.29. The van der Waals surface area contributed by atoms with E-state index >= 15 is 0 Å². The van der Waals surface area contributed by atoms with E-state index < -0.39 is 5.97 Å². The summed E-state index contributed by atoms with van der Waals surface area (Å²) in [6, 6.07) is 25.0. The van der Waals surface area contributed by atoms with Gasteiger partial charge in [-0.1, -0.05) is 67.6 Å². The number of carbonyl (C=O) groups excluding carboxylic acids is 2. The average molecular weight is 383 g/mol. The first-order chi connectivity index (χ1) is 14.2. The zero-order valence-electron chi connectivity index (χ0n) is 16.1. The van der Waals surface area contributed by atoms with Crippen LogP contribution in [0.4, 0.5) is 5.69 Å². The number of amides is 1. The summed E-state index contributed by atoms with van der Waals surface area (Å²) in [6.07, 6.45) is 0.935. The van der Waals surface area contributed by atoms with Gasteiger partial charge in [0.25, 0.3) is 5.91 Å². The summed E-state index contributed by atoms with van der Waals surface area (Å²) in [5.74, 6) is -0.873. The highest BCUT2D eigenvalue weighted by molar-refractivity contribution is 6.16. The van der Waals surface area contributed by atoms with E-state index in [1.54, 1.807) is 0 Å². The number of anilines is 1. The van der Waals surface area contributed by atoms with Gasteiger partial charge >= 0.3 is 5.97 Å². The topological polar surface area (TPSA) is 55.4 Å². The number of aryl methyl sites for hydroxylation is 1. The summed E-state index contributed by atoms with van der Waals surface area (Å²) >= 11 is 0. The molecule has 0 aliphatic heterocycles. The van der Waals surface area contributed by atoms with E-state index in [0.717, 1.165) is 28.0 Å². The Bertz CT molecular complexity index is 1140. The van der Waals surface area contributed by atoms with Crippen LogP contribution in [0, 0.1) is 0 Å². The van der Waals surface area contributed by atoms with Crippen molar-refractivity contribution in [2.75, 3.05) is 11.9 Å². The number of benzene rings is 4. The Morgan fingerprint density at radius 1 is 0.828 bits per heavy atom. The quantitative estimate of drug-likeness (QED) is 0.373. The molecule has 0 atom stereocenters. The maximum Gasteiger partial charge on any atom is 0.339 e. The van der Waals surface area contributed by atoms with Crippen LogP contribution in [0.1, 0.15) is 22.8 Å². The Balaban J connectivity index is 1.54. The standard InChI is InChI=1S/C25H21NO3/c1-2-17-11-13-20(14-12-17)26-23(27)16-29-25(28)24-21-9-5-3-7-18(21)15-19-8-4-6-10-22(19)24/h3-15H,2,16H2,1H3,(H,26,27). The Hall–Kier alpha value is -3.66. The molecule has 0 saturated heterocycles. The van der Waals surface area contributed by atoms with Crippen molar-refractivity contribution in [1.29, 1.82) is 0 Å². The maximum absolute atomic E-state index is 12.9. The van der Waals surface area contributed by atoms with Gasteiger partial charge in [0.15, 0.2) is 6.61 Å². The second-order valence-corrected chi connectivity index (χ2v) is 6.87. The normalized spacial score (nSPS) is 10.8. The van der Waals surface area contributed by atoms with Crippen LogP contribution in [0.5, 0.6) is 0 Å². The number of nitrogens with one attached hydrogen (secondary N) is 1. The minimum Gasteiger partial charge on any atom is -0.452 e. The summed E-state index contributed by atoms with van der Waals surface area (Å²) in [5.41, 5.74) is 2.36. The van der Waals surface area contributed by atoms with Crippen molar-refractivity contribution < 1.29 is 14.3 Å². The number of ether oxygens (including phenoxy) is 1. The van der Waals surface area contributed by atoms with Crippen molar-refractivity contribution in [2.24, 2.45) is 0 Å². The van der Waals surface area contributed by atoms with Gasteiger partial charge < -0.3 is 10.1 Å². The molecular formula is C25H21NO3. The molecule has 144 valence electrons. The van der Waals surface area contributed by atoms with Crippen molar-refractivity contribution in [1.82, 2.24) is 0 Å². The molecule has 0 fully saturated rings. The molecule has 29 heavy (non-hydrogen) atoms. The van der Waals surface area contributed by atoms with Crippen molar-refractivity contribution in [3.63, 3.8) is 0 Å². The number of fused-ring (bicyclic) bond motifs is 2. The van der Waals surface area contributed by atoms with E-state index in [4.69, 9.17) is 4.74 Å². The van der Waals surface area contributed by atoms with Crippen LogP contribution >= 0.6 is 0 Å². The van der Waals surface area contributed by atoms with Gasteiger partial charge in [-0.3, -0.25) is 4.79 Å². The molecular weight excluding hydrogens is 362 g/mol. The Morgan fingerprint density at radius 3 is 2.00 bits per heavy atom. The summed E-state index contributed by atoms with van der Waals surface area (Å²) in [7, 11) is 0. The second kappa shape index (κ2) is 8.15. The molecule has 0 unspecified atom stereocenters. The van der Waals surface area contributed by atoms with Crippen LogP contribution < -0.4 is 5.32 Å². The first-order valence-corrected chi connectivity index (χ1v) is 9.62. The highest BCUT2D eigenvalue weighted by Gasteiger charge is 2.17. The highest BCUT2D eigenvalue weighted by atomic mass is 16.5. The molecule has 1 N–H and O–H groups in total. The van der Waals surface area contributed by atoms with E-state index in [2.05, 4.69) is 12.2 Å². The molecule has 4 aromatic carbocycles. The van der Waals surface area contributed by atoms with Gasteiger partial charge in [0.1, 0.15) is 0 Å². The Kier molecular flexibility index (Phi) is 5.25. The minimum absolute atomic E-state index is 0.341. The van der Waals surface area contributed by atoms with Crippen molar-refractivity contribution in [3.8, 4) is 0 Å². The van der Waals surface area contributed by atoms with Gasteiger partial charge in [0, 0.05) is 5.69 Å². The summed E-state index contributed by atoms with van der Waals surface area (Å²) in [5, 5.41) is 6.30. The lowest BCUT2D eigenvalue weighted by atomic mass is 9.97. The van der Waals surface area contributed by atoms with E-state index in [1.165, 1.54) is 5.56 Å². The number of hydrogen-bond donors (Lipinski definition) is 1. The largest absolute Gasteiger partial charge is 0.452 e. The molecule has 0 aliphatic rings. The molecule has 0 radical (unpaired) electrons. The molecule has 4 aromatic rings. The fourth-order valence-electron chi connectivity index (χ4n) is 3.46. The van der Waals surface area contributed by atoms with E-state index in [0.29, 0.717) is 11.3 Å². The number of hydrogen-bond acceptors (Lipinski definition) is 3. The lowest BCUT2D eigenvalue weighted by molar-refractivity contribution is -0.119. The van der Waals surface area contributed by atoms with Gasteiger partial charge in [0.05, 0.1) is 5.56 Å². The third kappa shape index (κ3) is 3.97. The van der Waals surface area contributed by atoms with Gasteiger partial charge in [-0.15, -0.1) is 0 Å². The number of esters is 1. The zero-order valence-corrected chi connectivity index (χ0v) is 16.1. The smallest absolute Gasteiger partial charge is 0.339 e. The summed E-state index contributed by atoms with van der Waals surface area (Å²) in [4.78, 5) is 25.2. The molecule has 0 aromatic heterocycles. The van der Waals surface area contributed by atoms with Gasteiger partial charge in [0.2, 0.25) is 0 Å². The SMILES string of the molecule is CCc1ccc(NC(=O)COC(=O)c2c3ccccc3cc3ccccc23)cc1. The average Bonchev–Trinajstić information content (AvgIpc) is 2.76. The Labute approximate surface area is 169 Å². The lowest BCUT2D eigenvalue weighted by Gasteiger charge is -2.11. The van der Waals surface area contributed by atoms with Crippen molar-refractivity contribution in [3.05, 3.63) is 90.0 Å². The zero-order chi connectivity index (χ0) is 20.2. The number of rotatable bonds is 5. The first-order valence-electron chi connectivity index (χ1n) is 9.62. The predicted molar refractivity (Wildman–Crippen MR) is 116 cm³/mol. The molecule has 0 saturated carbocycles. The van der Waals surface area contributed by atoms with Crippen LogP contribution in [-0.2, 0) is 16.0 Å². The van der Waals surface area contributed by atoms with Gasteiger partial charge in [-0.05, 0) is 51.7 Å². The van der Waals surface area contributed by atoms with Gasteiger partial charge in [-0.25, -0.2) is 4.79 Å². The third-order valence-electron chi connectivity index (χ3n) is 4.96. The van der Waals surface area contributed by atoms with Crippen molar-refractivity contribution >= 4 is 39.1 Å². The maximum atomic E-state index is 12.9.